The molecule has 1 aromatic carbocycles. The second-order valence-electron chi connectivity index (χ2n) is 6.61. The van der Waals surface area contributed by atoms with Crippen LogP contribution in [0.5, 0.6) is 5.75 Å². The van der Waals surface area contributed by atoms with Gasteiger partial charge in [-0.05, 0) is 62.9 Å². The third-order valence-electron chi connectivity index (χ3n) is 5.31. The molecule has 0 saturated carbocycles. The van der Waals surface area contributed by atoms with Crippen LogP contribution in [0.3, 0.4) is 0 Å². The number of nitrogens with one attached hydrogen (secondary N) is 1. The number of benzene rings is 1. The molecular formula is C18H28N2O. The van der Waals surface area contributed by atoms with Crippen molar-refractivity contribution in [1.82, 2.24) is 10.2 Å². The molecule has 2 aliphatic rings. The first kappa shape index (κ1) is 14.9. The van der Waals surface area contributed by atoms with Crippen LogP contribution in [-0.4, -0.2) is 37.2 Å². The zero-order chi connectivity index (χ0) is 14.8. The molecule has 1 N–H and O–H groups in total. The molecule has 2 fully saturated rings. The minimum absolute atomic E-state index is 0.492. The van der Waals surface area contributed by atoms with Crippen molar-refractivity contribution in [2.75, 3.05) is 26.2 Å². The number of hydrogen-bond acceptors (Lipinski definition) is 3. The number of nitrogens with zero attached hydrogens (tertiary/aromatic N) is 1. The monoisotopic (exact) mass is 288 g/mol. The maximum absolute atomic E-state index is 5.68. The van der Waals surface area contributed by atoms with Crippen LogP contribution in [0.15, 0.2) is 24.3 Å². The highest BCUT2D eigenvalue weighted by Crippen LogP contribution is 2.37. The van der Waals surface area contributed by atoms with Crippen molar-refractivity contribution in [3.63, 3.8) is 0 Å². The third-order valence-corrected chi connectivity index (χ3v) is 5.31. The van der Waals surface area contributed by atoms with Crippen molar-refractivity contribution >= 4 is 0 Å². The van der Waals surface area contributed by atoms with Crippen LogP contribution in [0.4, 0.5) is 0 Å². The highest BCUT2D eigenvalue weighted by Gasteiger charge is 2.43. The molecule has 2 aliphatic heterocycles. The molecule has 2 heterocycles. The summed E-state index contributed by atoms with van der Waals surface area (Å²) < 4.78 is 5.68. The quantitative estimate of drug-likeness (QED) is 0.901. The van der Waals surface area contributed by atoms with Crippen molar-refractivity contribution in [2.24, 2.45) is 11.8 Å². The van der Waals surface area contributed by atoms with Crippen LogP contribution < -0.4 is 10.1 Å². The Hall–Kier alpha value is -1.06. The van der Waals surface area contributed by atoms with Gasteiger partial charge in [0.2, 0.25) is 0 Å². The van der Waals surface area contributed by atoms with E-state index in [1.165, 1.54) is 25.2 Å². The lowest BCUT2D eigenvalue weighted by atomic mass is 9.95. The Balaban J connectivity index is 1.66. The Labute approximate surface area is 128 Å². The fraction of sp³-hybridized carbons (Fsp3) is 0.667. The van der Waals surface area contributed by atoms with Gasteiger partial charge in [-0.3, -0.25) is 4.90 Å². The Morgan fingerprint density at radius 1 is 1.29 bits per heavy atom. The van der Waals surface area contributed by atoms with Crippen molar-refractivity contribution in [3.8, 4) is 5.75 Å². The summed E-state index contributed by atoms with van der Waals surface area (Å²) in [4.78, 5) is 2.68. The first-order chi connectivity index (χ1) is 10.2. The van der Waals surface area contributed by atoms with E-state index < -0.39 is 0 Å². The summed E-state index contributed by atoms with van der Waals surface area (Å²) in [5.41, 5.74) is 1.40. The average molecular weight is 288 g/mol. The average Bonchev–Trinajstić information content (AvgIpc) is 3.08. The molecule has 0 radical (unpaired) electrons. The largest absolute Gasteiger partial charge is 0.494 e. The molecule has 2 saturated heterocycles. The molecule has 0 spiro atoms. The van der Waals surface area contributed by atoms with Crippen LogP contribution in [0.25, 0.3) is 0 Å². The smallest absolute Gasteiger partial charge is 0.119 e. The standard InChI is InChI=1S/C18H28N2O/c1-4-9-21-17-7-5-15(6-8-17)13(2)20-12-16-10-19-11-18(16)14(20)3/h5-8,13-14,16,18-19H,4,9-12H2,1-3H3. The lowest BCUT2D eigenvalue weighted by Gasteiger charge is -2.31. The summed E-state index contributed by atoms with van der Waals surface area (Å²) in [6.45, 7) is 11.3. The predicted molar refractivity (Wildman–Crippen MR) is 86.7 cm³/mol. The topological polar surface area (TPSA) is 24.5 Å². The fourth-order valence-electron chi connectivity index (χ4n) is 3.97. The minimum atomic E-state index is 0.492. The Kier molecular flexibility index (Phi) is 4.51. The number of ether oxygens (including phenoxy) is 1. The lowest BCUT2D eigenvalue weighted by Crippen LogP contribution is -2.35. The van der Waals surface area contributed by atoms with Gasteiger partial charge in [-0.15, -0.1) is 0 Å². The SMILES string of the molecule is CCCOc1ccc(C(C)N2CC3CNCC3C2C)cc1. The molecule has 1 aromatic rings. The molecule has 3 nitrogen and oxygen atoms in total. The van der Waals surface area contributed by atoms with Gasteiger partial charge in [0.25, 0.3) is 0 Å². The lowest BCUT2D eigenvalue weighted by molar-refractivity contribution is 0.182. The fourth-order valence-corrected chi connectivity index (χ4v) is 3.97. The van der Waals surface area contributed by atoms with Crippen LogP contribution in [0, 0.1) is 11.8 Å². The van der Waals surface area contributed by atoms with Crippen molar-refractivity contribution in [1.29, 1.82) is 0 Å². The Bertz CT molecular complexity index is 459. The molecule has 21 heavy (non-hydrogen) atoms. The first-order valence-corrected chi connectivity index (χ1v) is 8.40. The van der Waals surface area contributed by atoms with Crippen LogP contribution in [-0.2, 0) is 0 Å². The van der Waals surface area contributed by atoms with Gasteiger partial charge >= 0.3 is 0 Å². The maximum Gasteiger partial charge on any atom is 0.119 e. The second kappa shape index (κ2) is 6.37. The van der Waals surface area contributed by atoms with Gasteiger partial charge in [-0.25, -0.2) is 0 Å². The molecule has 0 aromatic heterocycles. The first-order valence-electron chi connectivity index (χ1n) is 8.40. The summed E-state index contributed by atoms with van der Waals surface area (Å²) in [7, 11) is 0. The van der Waals surface area contributed by atoms with E-state index in [0.29, 0.717) is 12.1 Å². The van der Waals surface area contributed by atoms with Gasteiger partial charge in [0, 0.05) is 18.6 Å². The Morgan fingerprint density at radius 3 is 2.71 bits per heavy atom. The third kappa shape index (κ3) is 2.95. The summed E-state index contributed by atoms with van der Waals surface area (Å²) >= 11 is 0. The number of hydrogen-bond donors (Lipinski definition) is 1. The van der Waals surface area contributed by atoms with E-state index in [4.69, 9.17) is 4.74 Å². The van der Waals surface area contributed by atoms with Crippen molar-refractivity contribution in [2.45, 2.75) is 39.3 Å². The normalized spacial score (nSPS) is 30.3. The molecule has 3 rings (SSSR count). The van der Waals surface area contributed by atoms with Gasteiger partial charge in [-0.1, -0.05) is 19.1 Å². The van der Waals surface area contributed by atoms with Crippen LogP contribution in [0.1, 0.15) is 38.8 Å². The van der Waals surface area contributed by atoms with Gasteiger partial charge in [-0.2, -0.15) is 0 Å². The maximum atomic E-state index is 5.68. The molecular weight excluding hydrogens is 260 g/mol. The summed E-state index contributed by atoms with van der Waals surface area (Å²) in [5, 5.41) is 3.54. The van der Waals surface area contributed by atoms with Gasteiger partial charge < -0.3 is 10.1 Å². The van der Waals surface area contributed by atoms with Crippen LogP contribution >= 0.6 is 0 Å². The van der Waals surface area contributed by atoms with E-state index in [1.807, 2.05) is 0 Å². The summed E-state index contributed by atoms with van der Waals surface area (Å²) in [5.74, 6) is 2.66. The molecule has 116 valence electrons. The van der Waals surface area contributed by atoms with Gasteiger partial charge in [0.15, 0.2) is 0 Å². The Morgan fingerprint density at radius 2 is 2.05 bits per heavy atom. The number of fused-ring (bicyclic) bond motifs is 1. The summed E-state index contributed by atoms with van der Waals surface area (Å²) in [6.07, 6.45) is 1.06. The van der Waals surface area contributed by atoms with Crippen LogP contribution in [0.2, 0.25) is 0 Å². The van der Waals surface area contributed by atoms with Gasteiger partial charge in [0.05, 0.1) is 6.61 Å². The van der Waals surface area contributed by atoms with E-state index >= 15 is 0 Å². The zero-order valence-electron chi connectivity index (χ0n) is 13.5. The number of likely N-dealkylation sites (tertiary alicyclic amines) is 1. The molecule has 0 bridgehead atoms. The van der Waals surface area contributed by atoms with Gasteiger partial charge in [0.1, 0.15) is 5.75 Å². The molecule has 0 aliphatic carbocycles. The van der Waals surface area contributed by atoms with Crippen molar-refractivity contribution < 1.29 is 4.74 Å². The highest BCUT2D eigenvalue weighted by atomic mass is 16.5. The van der Waals surface area contributed by atoms with E-state index in [1.54, 1.807) is 0 Å². The van der Waals surface area contributed by atoms with E-state index in [-0.39, 0.29) is 0 Å². The zero-order valence-corrected chi connectivity index (χ0v) is 13.5. The van der Waals surface area contributed by atoms with Crippen molar-refractivity contribution in [3.05, 3.63) is 29.8 Å². The number of rotatable bonds is 5. The van der Waals surface area contributed by atoms with E-state index in [0.717, 1.165) is 30.6 Å². The second-order valence-corrected chi connectivity index (χ2v) is 6.61. The summed E-state index contributed by atoms with van der Waals surface area (Å²) in [6, 6.07) is 9.86. The molecule has 4 atom stereocenters. The molecule has 3 heteroatoms. The molecule has 4 unspecified atom stereocenters. The highest BCUT2D eigenvalue weighted by molar-refractivity contribution is 5.29. The molecule has 0 amide bonds. The minimum Gasteiger partial charge on any atom is -0.494 e. The predicted octanol–water partition coefficient (Wildman–Crippen LogP) is 3.08. The van der Waals surface area contributed by atoms with E-state index in [2.05, 4.69) is 55.3 Å². The van der Waals surface area contributed by atoms with E-state index in [9.17, 15) is 0 Å².